The van der Waals surface area contributed by atoms with E-state index in [1.165, 1.54) is 38.1 Å². The first kappa shape index (κ1) is 22.4. The Kier molecular flexibility index (Phi) is 6.05. The molecule has 2 atom stereocenters. The molecule has 6 nitrogen and oxygen atoms in total. The third-order valence-electron chi connectivity index (χ3n) is 5.24. The standard InChI is InChI=1S/C24H22O6S2/c1-17(29-31(25,26)23-13-11-19-7-3-5-9-21(19)15-23)18(2)30-32(27,28)24-14-12-20-8-4-6-10-22(20)16-24/h3-18H,1-2H3. The van der Waals surface area contributed by atoms with Crippen molar-refractivity contribution in [2.24, 2.45) is 0 Å². The van der Waals surface area contributed by atoms with E-state index < -0.39 is 32.4 Å². The number of benzene rings is 4. The first-order valence-electron chi connectivity index (χ1n) is 10.00. The minimum Gasteiger partial charge on any atom is -0.261 e. The van der Waals surface area contributed by atoms with E-state index in [4.69, 9.17) is 8.37 Å². The van der Waals surface area contributed by atoms with E-state index in [0.717, 1.165) is 21.5 Å². The molecule has 4 aromatic carbocycles. The van der Waals surface area contributed by atoms with Gasteiger partial charge in [0.2, 0.25) is 0 Å². The van der Waals surface area contributed by atoms with E-state index in [9.17, 15) is 16.8 Å². The van der Waals surface area contributed by atoms with E-state index in [0.29, 0.717) is 0 Å². The molecular formula is C24H22O6S2. The molecule has 8 heteroatoms. The van der Waals surface area contributed by atoms with Crippen molar-refractivity contribution in [1.82, 2.24) is 0 Å². The summed E-state index contributed by atoms with van der Waals surface area (Å²) in [4.78, 5) is -0.0136. The Morgan fingerprint density at radius 1 is 0.531 bits per heavy atom. The molecule has 32 heavy (non-hydrogen) atoms. The quantitative estimate of drug-likeness (QED) is 0.358. The zero-order valence-corrected chi connectivity index (χ0v) is 19.1. The molecule has 0 radical (unpaired) electrons. The van der Waals surface area contributed by atoms with Gasteiger partial charge in [-0.25, -0.2) is 0 Å². The van der Waals surface area contributed by atoms with Crippen LogP contribution in [0.2, 0.25) is 0 Å². The van der Waals surface area contributed by atoms with Gasteiger partial charge in [-0.1, -0.05) is 60.7 Å². The predicted molar refractivity (Wildman–Crippen MR) is 123 cm³/mol. The van der Waals surface area contributed by atoms with Gasteiger partial charge in [-0.3, -0.25) is 8.37 Å². The first-order valence-corrected chi connectivity index (χ1v) is 12.8. The van der Waals surface area contributed by atoms with E-state index in [1.54, 1.807) is 24.3 Å². The molecule has 2 unspecified atom stereocenters. The van der Waals surface area contributed by atoms with Crippen molar-refractivity contribution < 1.29 is 25.2 Å². The highest BCUT2D eigenvalue weighted by Gasteiger charge is 2.28. The summed E-state index contributed by atoms with van der Waals surface area (Å²) in [7, 11) is -8.24. The van der Waals surface area contributed by atoms with E-state index in [-0.39, 0.29) is 9.79 Å². The molecule has 0 N–H and O–H groups in total. The molecular weight excluding hydrogens is 448 g/mol. The van der Waals surface area contributed by atoms with Gasteiger partial charge in [0, 0.05) is 0 Å². The second-order valence-corrected chi connectivity index (χ2v) is 10.7. The smallest absolute Gasteiger partial charge is 0.261 e. The minimum absolute atomic E-state index is 0.00682. The molecule has 166 valence electrons. The van der Waals surface area contributed by atoms with Crippen LogP contribution in [0.15, 0.2) is 94.7 Å². The lowest BCUT2D eigenvalue weighted by Crippen LogP contribution is -2.30. The molecule has 0 saturated heterocycles. The Hall–Kier alpha value is -2.78. The molecule has 0 aromatic heterocycles. The number of hydrogen-bond donors (Lipinski definition) is 0. The molecule has 0 spiro atoms. The summed E-state index contributed by atoms with van der Waals surface area (Å²) in [5.41, 5.74) is 0. The summed E-state index contributed by atoms with van der Waals surface area (Å²) in [5.74, 6) is 0. The molecule has 0 fully saturated rings. The van der Waals surface area contributed by atoms with Crippen molar-refractivity contribution in [1.29, 1.82) is 0 Å². The van der Waals surface area contributed by atoms with Gasteiger partial charge in [-0.15, -0.1) is 0 Å². The monoisotopic (exact) mass is 470 g/mol. The van der Waals surface area contributed by atoms with Gasteiger partial charge in [-0.05, 0) is 59.7 Å². The van der Waals surface area contributed by atoms with E-state index >= 15 is 0 Å². The van der Waals surface area contributed by atoms with Crippen molar-refractivity contribution in [2.75, 3.05) is 0 Å². The van der Waals surface area contributed by atoms with Crippen LogP contribution < -0.4 is 0 Å². The highest BCUT2D eigenvalue weighted by molar-refractivity contribution is 7.87. The fourth-order valence-electron chi connectivity index (χ4n) is 3.31. The Labute approximate surface area is 187 Å². The fourth-order valence-corrected chi connectivity index (χ4v) is 5.66. The van der Waals surface area contributed by atoms with E-state index in [2.05, 4.69) is 0 Å². The lowest BCUT2D eigenvalue weighted by molar-refractivity contribution is 0.0871. The molecule has 0 saturated carbocycles. The van der Waals surface area contributed by atoms with Crippen molar-refractivity contribution in [3.63, 3.8) is 0 Å². The second kappa shape index (κ2) is 8.63. The van der Waals surface area contributed by atoms with Gasteiger partial charge < -0.3 is 0 Å². The Balaban J connectivity index is 1.51. The first-order chi connectivity index (χ1) is 15.2. The zero-order valence-electron chi connectivity index (χ0n) is 17.5. The molecule has 4 rings (SSSR count). The van der Waals surface area contributed by atoms with Crippen LogP contribution in [0.25, 0.3) is 21.5 Å². The average molecular weight is 471 g/mol. The van der Waals surface area contributed by atoms with Crippen LogP contribution in [0.1, 0.15) is 13.8 Å². The van der Waals surface area contributed by atoms with Gasteiger partial charge in [0.25, 0.3) is 20.2 Å². The molecule has 0 aliphatic carbocycles. The largest absolute Gasteiger partial charge is 0.297 e. The summed E-state index contributed by atoms with van der Waals surface area (Å²) in [5, 5.41) is 3.32. The Bertz CT molecular complexity index is 1380. The van der Waals surface area contributed by atoms with Crippen molar-refractivity contribution in [2.45, 2.75) is 35.8 Å². The fraction of sp³-hybridized carbons (Fsp3) is 0.167. The van der Waals surface area contributed by atoms with Gasteiger partial charge in [0.1, 0.15) is 12.2 Å². The number of fused-ring (bicyclic) bond motifs is 2. The lowest BCUT2D eigenvalue weighted by Gasteiger charge is -2.20. The van der Waals surface area contributed by atoms with Crippen LogP contribution in [-0.4, -0.2) is 29.0 Å². The van der Waals surface area contributed by atoms with Crippen molar-refractivity contribution in [3.8, 4) is 0 Å². The topological polar surface area (TPSA) is 86.7 Å². The molecule has 0 bridgehead atoms. The summed E-state index contributed by atoms with van der Waals surface area (Å²) in [6.45, 7) is 2.92. The Morgan fingerprint density at radius 3 is 1.25 bits per heavy atom. The highest BCUT2D eigenvalue weighted by Crippen LogP contribution is 2.25. The third-order valence-corrected chi connectivity index (χ3v) is 8.01. The normalized spacial score (nSPS) is 14.4. The predicted octanol–water partition coefficient (Wildman–Crippen LogP) is 4.88. The van der Waals surface area contributed by atoms with Gasteiger partial charge in [0.15, 0.2) is 0 Å². The lowest BCUT2D eigenvalue weighted by atomic mass is 10.1. The SMILES string of the molecule is CC(OS(=O)(=O)c1ccc2ccccc2c1)C(C)OS(=O)(=O)c1ccc2ccccc2c1. The third kappa shape index (κ3) is 4.68. The van der Waals surface area contributed by atoms with Crippen molar-refractivity contribution >= 4 is 41.8 Å². The molecule has 0 amide bonds. The maximum atomic E-state index is 12.7. The van der Waals surface area contributed by atoms with Crippen molar-refractivity contribution in [3.05, 3.63) is 84.9 Å². The zero-order chi connectivity index (χ0) is 22.9. The molecule has 0 aliphatic rings. The van der Waals surface area contributed by atoms with Crippen LogP contribution in [-0.2, 0) is 28.6 Å². The molecule has 0 aliphatic heterocycles. The van der Waals surface area contributed by atoms with Crippen LogP contribution in [0.5, 0.6) is 0 Å². The molecule has 0 heterocycles. The summed E-state index contributed by atoms with van der Waals surface area (Å²) in [6.07, 6.45) is -2.08. The van der Waals surface area contributed by atoms with Gasteiger partial charge >= 0.3 is 0 Å². The second-order valence-electron chi connectivity index (χ2n) is 7.53. The van der Waals surface area contributed by atoms with Gasteiger partial charge in [-0.2, -0.15) is 16.8 Å². The molecule has 4 aromatic rings. The summed E-state index contributed by atoms with van der Waals surface area (Å²) < 4.78 is 61.5. The van der Waals surface area contributed by atoms with Crippen LogP contribution in [0, 0.1) is 0 Å². The van der Waals surface area contributed by atoms with Crippen LogP contribution in [0.3, 0.4) is 0 Å². The number of hydrogen-bond acceptors (Lipinski definition) is 6. The maximum absolute atomic E-state index is 12.7. The van der Waals surface area contributed by atoms with Crippen LogP contribution >= 0.6 is 0 Å². The Morgan fingerprint density at radius 2 is 0.875 bits per heavy atom. The number of rotatable bonds is 7. The highest BCUT2D eigenvalue weighted by atomic mass is 32.2. The maximum Gasteiger partial charge on any atom is 0.297 e. The van der Waals surface area contributed by atoms with Gasteiger partial charge in [0.05, 0.1) is 9.79 Å². The average Bonchev–Trinajstić information content (AvgIpc) is 2.77. The summed E-state index contributed by atoms with van der Waals surface area (Å²) in [6, 6.07) is 24.1. The minimum atomic E-state index is -4.12. The van der Waals surface area contributed by atoms with Crippen LogP contribution in [0.4, 0.5) is 0 Å². The summed E-state index contributed by atoms with van der Waals surface area (Å²) >= 11 is 0. The van der Waals surface area contributed by atoms with E-state index in [1.807, 2.05) is 36.4 Å².